The molecular weight excluding hydrogens is 317 g/mol. The van der Waals surface area contributed by atoms with Crippen LogP contribution in [0.15, 0.2) is 35.7 Å². The van der Waals surface area contributed by atoms with E-state index in [-0.39, 0.29) is 0 Å². The van der Waals surface area contributed by atoms with Crippen molar-refractivity contribution in [2.24, 2.45) is 0 Å². The predicted octanol–water partition coefficient (Wildman–Crippen LogP) is 4.06. The highest BCUT2D eigenvalue weighted by atomic mass is 35.5. The first-order chi connectivity index (χ1) is 9.63. The largest absolute Gasteiger partial charge is 0.468 e. The minimum Gasteiger partial charge on any atom is -0.468 e. The molecule has 1 atom stereocenters. The van der Waals surface area contributed by atoms with Gasteiger partial charge < -0.3 is 4.74 Å². The molecule has 1 aromatic heterocycles. The number of esters is 1. The molecule has 0 aliphatic rings. The van der Waals surface area contributed by atoms with E-state index >= 15 is 0 Å². The third kappa shape index (κ3) is 3.52. The molecule has 0 spiro atoms. The third-order valence-electron chi connectivity index (χ3n) is 2.79. The van der Waals surface area contributed by atoms with Crippen molar-refractivity contribution < 1.29 is 9.53 Å². The average molecular weight is 330 g/mol. The predicted molar refractivity (Wildman–Crippen MR) is 82.4 cm³/mol. The van der Waals surface area contributed by atoms with Crippen molar-refractivity contribution in [3.8, 4) is 0 Å². The van der Waals surface area contributed by atoms with Gasteiger partial charge in [-0.1, -0.05) is 41.4 Å². The fraction of sp³-hybridized carbons (Fsp3) is 0.214. The first-order valence-electron chi connectivity index (χ1n) is 5.91. The monoisotopic (exact) mass is 329 g/mol. The average Bonchev–Trinajstić information content (AvgIpc) is 2.96. The van der Waals surface area contributed by atoms with E-state index in [0.717, 1.165) is 4.88 Å². The third-order valence-corrected chi connectivity index (χ3v) is 4.50. The SMILES string of the molecule is COC(=O)C(NCc1cccs1)c1cccc(Cl)c1Cl. The van der Waals surface area contributed by atoms with Crippen LogP contribution >= 0.6 is 34.5 Å². The summed E-state index contributed by atoms with van der Waals surface area (Å²) in [5, 5.41) is 5.91. The van der Waals surface area contributed by atoms with E-state index in [1.165, 1.54) is 7.11 Å². The Morgan fingerprint density at radius 1 is 1.35 bits per heavy atom. The first-order valence-corrected chi connectivity index (χ1v) is 7.54. The summed E-state index contributed by atoms with van der Waals surface area (Å²) in [5.41, 5.74) is 0.613. The molecule has 1 heterocycles. The lowest BCUT2D eigenvalue weighted by molar-refractivity contribution is -0.143. The molecule has 0 saturated carbocycles. The first kappa shape index (κ1) is 15.3. The van der Waals surface area contributed by atoms with Gasteiger partial charge in [-0.05, 0) is 17.5 Å². The van der Waals surface area contributed by atoms with Crippen molar-refractivity contribution in [1.82, 2.24) is 5.32 Å². The maximum Gasteiger partial charge on any atom is 0.327 e. The minimum absolute atomic E-state index is 0.364. The Kier molecular flexibility index (Phi) is 5.43. The number of halogens is 2. The molecule has 1 N–H and O–H groups in total. The highest BCUT2D eigenvalue weighted by molar-refractivity contribution is 7.09. The van der Waals surface area contributed by atoms with E-state index < -0.39 is 12.0 Å². The molecule has 1 aromatic carbocycles. The van der Waals surface area contributed by atoms with Gasteiger partial charge in [0.05, 0.1) is 17.2 Å². The van der Waals surface area contributed by atoms with Gasteiger partial charge in [-0.15, -0.1) is 11.3 Å². The Balaban J connectivity index is 2.23. The molecule has 0 radical (unpaired) electrons. The summed E-state index contributed by atoms with van der Waals surface area (Å²) in [6, 6.07) is 8.51. The fourth-order valence-corrected chi connectivity index (χ4v) is 2.87. The molecule has 2 aromatic rings. The van der Waals surface area contributed by atoms with Crippen LogP contribution in [0, 0.1) is 0 Å². The van der Waals surface area contributed by atoms with Crippen LogP contribution in [0.1, 0.15) is 16.5 Å². The van der Waals surface area contributed by atoms with E-state index in [0.29, 0.717) is 22.2 Å². The van der Waals surface area contributed by atoms with Crippen molar-refractivity contribution in [2.45, 2.75) is 12.6 Å². The van der Waals surface area contributed by atoms with Gasteiger partial charge in [0.15, 0.2) is 0 Å². The van der Waals surface area contributed by atoms with Crippen LogP contribution in [0.4, 0.5) is 0 Å². The molecule has 20 heavy (non-hydrogen) atoms. The topological polar surface area (TPSA) is 38.3 Å². The zero-order valence-corrected chi connectivity index (χ0v) is 13.1. The number of carbonyl (C=O) groups is 1. The summed E-state index contributed by atoms with van der Waals surface area (Å²) in [7, 11) is 1.35. The normalized spacial score (nSPS) is 12.2. The van der Waals surface area contributed by atoms with E-state index in [9.17, 15) is 4.79 Å². The zero-order chi connectivity index (χ0) is 14.5. The molecule has 0 bridgehead atoms. The van der Waals surface area contributed by atoms with Crippen LogP contribution in [0.5, 0.6) is 0 Å². The van der Waals surface area contributed by atoms with Crippen molar-refractivity contribution in [3.63, 3.8) is 0 Å². The van der Waals surface area contributed by atoms with Crippen LogP contribution in [-0.4, -0.2) is 13.1 Å². The van der Waals surface area contributed by atoms with Crippen LogP contribution in [0.3, 0.4) is 0 Å². The zero-order valence-electron chi connectivity index (χ0n) is 10.7. The molecule has 3 nitrogen and oxygen atoms in total. The van der Waals surface area contributed by atoms with Gasteiger partial charge >= 0.3 is 5.97 Å². The quantitative estimate of drug-likeness (QED) is 0.840. The van der Waals surface area contributed by atoms with Gasteiger partial charge in [-0.3, -0.25) is 5.32 Å². The maximum absolute atomic E-state index is 12.0. The summed E-state index contributed by atoms with van der Waals surface area (Å²) in [6.45, 7) is 0.556. The van der Waals surface area contributed by atoms with Crippen molar-refractivity contribution in [1.29, 1.82) is 0 Å². The van der Waals surface area contributed by atoms with Crippen molar-refractivity contribution in [2.75, 3.05) is 7.11 Å². The van der Waals surface area contributed by atoms with E-state index in [1.807, 2.05) is 17.5 Å². The van der Waals surface area contributed by atoms with Crippen LogP contribution < -0.4 is 5.32 Å². The Morgan fingerprint density at radius 2 is 2.15 bits per heavy atom. The van der Waals surface area contributed by atoms with Gasteiger partial charge in [0.1, 0.15) is 6.04 Å². The Bertz CT molecular complexity index is 587. The highest BCUT2D eigenvalue weighted by Gasteiger charge is 2.24. The van der Waals surface area contributed by atoms with Crippen LogP contribution in [0.2, 0.25) is 10.0 Å². The number of nitrogens with one attached hydrogen (secondary N) is 1. The van der Waals surface area contributed by atoms with Crippen molar-refractivity contribution >= 4 is 40.5 Å². The Labute approximate surface area is 131 Å². The van der Waals surface area contributed by atoms with E-state index in [1.54, 1.807) is 29.5 Å². The Hall–Kier alpha value is -1.07. The molecule has 2 rings (SSSR count). The fourth-order valence-electron chi connectivity index (χ4n) is 1.80. The lowest BCUT2D eigenvalue weighted by Gasteiger charge is -2.18. The maximum atomic E-state index is 12.0. The van der Waals surface area contributed by atoms with Gasteiger partial charge in [0.2, 0.25) is 0 Å². The smallest absolute Gasteiger partial charge is 0.327 e. The van der Waals surface area contributed by atoms with Crippen LogP contribution in [-0.2, 0) is 16.1 Å². The second-order valence-electron chi connectivity index (χ2n) is 4.06. The number of hydrogen-bond donors (Lipinski definition) is 1. The summed E-state index contributed by atoms with van der Waals surface area (Å²) in [4.78, 5) is 13.1. The lowest BCUT2D eigenvalue weighted by Crippen LogP contribution is -2.29. The molecular formula is C14H13Cl2NO2S. The molecule has 0 saturated heterocycles. The van der Waals surface area contributed by atoms with Gasteiger partial charge in [0, 0.05) is 17.0 Å². The number of hydrogen-bond acceptors (Lipinski definition) is 4. The molecule has 106 valence electrons. The molecule has 1 unspecified atom stereocenters. The Morgan fingerprint density at radius 3 is 2.80 bits per heavy atom. The lowest BCUT2D eigenvalue weighted by atomic mass is 10.1. The highest BCUT2D eigenvalue weighted by Crippen LogP contribution is 2.30. The second-order valence-corrected chi connectivity index (χ2v) is 5.88. The standard InChI is InChI=1S/C14H13Cl2NO2S/c1-19-14(18)13(17-8-9-4-3-7-20-9)10-5-2-6-11(15)12(10)16/h2-7,13,17H,8H2,1H3. The molecule has 0 aliphatic heterocycles. The van der Waals surface area contributed by atoms with Crippen LogP contribution in [0.25, 0.3) is 0 Å². The molecule has 0 fully saturated rings. The summed E-state index contributed by atoms with van der Waals surface area (Å²) in [5.74, 6) is -0.397. The second kappa shape index (κ2) is 7.09. The molecule has 6 heteroatoms. The van der Waals surface area contributed by atoms with E-state index in [2.05, 4.69) is 5.32 Å². The van der Waals surface area contributed by atoms with Crippen molar-refractivity contribution in [3.05, 3.63) is 56.2 Å². The van der Waals surface area contributed by atoms with Gasteiger partial charge in [0.25, 0.3) is 0 Å². The molecule has 0 aliphatic carbocycles. The minimum atomic E-state index is -0.645. The number of carbonyl (C=O) groups excluding carboxylic acids is 1. The number of ether oxygens (including phenoxy) is 1. The number of rotatable bonds is 5. The van der Waals surface area contributed by atoms with E-state index in [4.69, 9.17) is 27.9 Å². The van der Waals surface area contributed by atoms with Gasteiger partial charge in [-0.25, -0.2) is 4.79 Å². The van der Waals surface area contributed by atoms with Gasteiger partial charge in [-0.2, -0.15) is 0 Å². The molecule has 0 amide bonds. The summed E-state index contributed by atoms with van der Waals surface area (Å²) >= 11 is 13.8. The number of methoxy groups -OCH3 is 1. The summed E-state index contributed by atoms with van der Waals surface area (Å²) < 4.78 is 4.83. The number of thiophene rings is 1. The number of benzene rings is 1. The summed E-state index contributed by atoms with van der Waals surface area (Å²) in [6.07, 6.45) is 0.